The van der Waals surface area contributed by atoms with Gasteiger partial charge in [-0.3, -0.25) is 4.79 Å². The van der Waals surface area contributed by atoms with Crippen LogP contribution in [0.15, 0.2) is 24.3 Å². The first-order valence-electron chi connectivity index (χ1n) is 6.20. The minimum absolute atomic E-state index is 0.157. The van der Waals surface area contributed by atoms with Crippen LogP contribution in [0, 0.1) is 23.1 Å². The zero-order valence-corrected chi connectivity index (χ0v) is 11.7. The highest BCUT2D eigenvalue weighted by Gasteiger charge is 2.18. The molecule has 1 atom stereocenters. The first kappa shape index (κ1) is 16.4. The van der Waals surface area contributed by atoms with E-state index in [1.165, 1.54) is 30.2 Å². The van der Waals surface area contributed by atoms with Gasteiger partial charge in [0.2, 0.25) is 0 Å². The zero-order chi connectivity index (χ0) is 16.0. The normalized spacial score (nSPS) is 11.9. The SMILES string of the molecule is CC(C#N)CN(C)C(=O)c1cc(C=CC(=O)O)ccc1F. The quantitative estimate of drug-likeness (QED) is 0.842. The van der Waals surface area contributed by atoms with E-state index >= 15 is 0 Å². The maximum absolute atomic E-state index is 13.7. The van der Waals surface area contributed by atoms with Crippen LogP contribution in [0.3, 0.4) is 0 Å². The molecule has 0 spiro atoms. The molecule has 0 aromatic heterocycles. The fourth-order valence-corrected chi connectivity index (χ4v) is 1.72. The molecule has 0 aliphatic heterocycles. The Kier molecular flexibility index (Phi) is 5.61. The summed E-state index contributed by atoms with van der Waals surface area (Å²) >= 11 is 0. The second-order valence-corrected chi connectivity index (χ2v) is 4.63. The molecule has 0 bridgehead atoms. The number of halogens is 1. The average molecular weight is 290 g/mol. The van der Waals surface area contributed by atoms with E-state index in [1.807, 2.05) is 6.07 Å². The molecule has 0 heterocycles. The molecule has 1 rings (SSSR count). The van der Waals surface area contributed by atoms with Crippen molar-refractivity contribution in [3.8, 4) is 6.07 Å². The Morgan fingerprint density at radius 2 is 2.19 bits per heavy atom. The van der Waals surface area contributed by atoms with Crippen LogP contribution in [0.5, 0.6) is 0 Å². The molecule has 1 N–H and O–H groups in total. The van der Waals surface area contributed by atoms with Gasteiger partial charge in [0.1, 0.15) is 5.82 Å². The maximum atomic E-state index is 13.7. The number of carbonyl (C=O) groups is 2. The Morgan fingerprint density at radius 3 is 2.76 bits per heavy atom. The van der Waals surface area contributed by atoms with E-state index < -0.39 is 17.7 Å². The van der Waals surface area contributed by atoms with Crippen molar-refractivity contribution in [2.75, 3.05) is 13.6 Å². The van der Waals surface area contributed by atoms with Gasteiger partial charge in [0, 0.05) is 19.7 Å². The van der Waals surface area contributed by atoms with Crippen molar-refractivity contribution < 1.29 is 19.1 Å². The smallest absolute Gasteiger partial charge is 0.328 e. The molecule has 5 nitrogen and oxygen atoms in total. The van der Waals surface area contributed by atoms with Crippen molar-refractivity contribution in [2.24, 2.45) is 5.92 Å². The van der Waals surface area contributed by atoms with Gasteiger partial charge in [-0.05, 0) is 30.7 Å². The third-order valence-corrected chi connectivity index (χ3v) is 2.75. The maximum Gasteiger partial charge on any atom is 0.328 e. The van der Waals surface area contributed by atoms with Gasteiger partial charge in [-0.2, -0.15) is 5.26 Å². The van der Waals surface area contributed by atoms with Crippen molar-refractivity contribution in [3.05, 3.63) is 41.2 Å². The molecule has 1 aromatic carbocycles. The van der Waals surface area contributed by atoms with E-state index in [1.54, 1.807) is 6.92 Å². The highest BCUT2D eigenvalue weighted by atomic mass is 19.1. The van der Waals surface area contributed by atoms with Crippen molar-refractivity contribution in [1.29, 1.82) is 5.26 Å². The molecule has 6 heteroatoms. The van der Waals surface area contributed by atoms with Crippen LogP contribution in [0.1, 0.15) is 22.8 Å². The van der Waals surface area contributed by atoms with Crippen molar-refractivity contribution in [3.63, 3.8) is 0 Å². The minimum Gasteiger partial charge on any atom is -0.478 e. The fraction of sp³-hybridized carbons (Fsp3) is 0.267. The van der Waals surface area contributed by atoms with Gasteiger partial charge in [-0.25, -0.2) is 9.18 Å². The van der Waals surface area contributed by atoms with E-state index in [4.69, 9.17) is 10.4 Å². The predicted octanol–water partition coefficient (Wildman–Crippen LogP) is 2.16. The number of hydrogen-bond donors (Lipinski definition) is 1. The number of benzene rings is 1. The van der Waals surface area contributed by atoms with E-state index in [-0.39, 0.29) is 18.0 Å². The number of amides is 1. The monoisotopic (exact) mass is 290 g/mol. The molecule has 21 heavy (non-hydrogen) atoms. The van der Waals surface area contributed by atoms with Crippen molar-refractivity contribution in [2.45, 2.75) is 6.92 Å². The number of nitrogens with zero attached hydrogens (tertiary/aromatic N) is 2. The number of hydrogen-bond acceptors (Lipinski definition) is 3. The Balaban J connectivity index is 3.01. The topological polar surface area (TPSA) is 81.4 Å². The third kappa shape index (κ3) is 4.73. The lowest BCUT2D eigenvalue weighted by Gasteiger charge is -2.18. The van der Waals surface area contributed by atoms with Gasteiger partial charge in [-0.15, -0.1) is 0 Å². The van der Waals surface area contributed by atoms with E-state index in [0.29, 0.717) is 5.56 Å². The summed E-state index contributed by atoms with van der Waals surface area (Å²) in [6.07, 6.45) is 2.18. The van der Waals surface area contributed by atoms with E-state index in [0.717, 1.165) is 12.1 Å². The van der Waals surface area contributed by atoms with Gasteiger partial charge < -0.3 is 10.0 Å². The van der Waals surface area contributed by atoms with Crippen LogP contribution >= 0.6 is 0 Å². The summed E-state index contributed by atoms with van der Waals surface area (Å²) in [4.78, 5) is 23.9. The van der Waals surface area contributed by atoms with Gasteiger partial charge in [-0.1, -0.05) is 6.07 Å². The van der Waals surface area contributed by atoms with Crippen LogP contribution in [-0.4, -0.2) is 35.5 Å². The summed E-state index contributed by atoms with van der Waals surface area (Å²) in [7, 11) is 1.48. The summed E-state index contributed by atoms with van der Waals surface area (Å²) in [5, 5.41) is 17.3. The number of carboxylic acids is 1. The third-order valence-electron chi connectivity index (χ3n) is 2.75. The number of aliphatic carboxylic acids is 1. The second-order valence-electron chi connectivity index (χ2n) is 4.63. The number of rotatable bonds is 5. The molecule has 0 aliphatic rings. The lowest BCUT2D eigenvalue weighted by Crippen LogP contribution is -2.31. The number of carbonyl (C=O) groups excluding carboxylic acids is 1. The van der Waals surface area contributed by atoms with E-state index in [2.05, 4.69) is 0 Å². The van der Waals surface area contributed by atoms with Gasteiger partial charge in [0.25, 0.3) is 5.91 Å². The number of carboxylic acid groups (broad SMARTS) is 1. The summed E-state index contributed by atoms with van der Waals surface area (Å²) in [6, 6.07) is 5.77. The summed E-state index contributed by atoms with van der Waals surface area (Å²) in [5.41, 5.74) is 0.249. The van der Waals surface area contributed by atoms with Crippen molar-refractivity contribution in [1.82, 2.24) is 4.90 Å². The standard InChI is InChI=1S/C15H15FN2O3/c1-10(8-17)9-18(2)15(21)12-7-11(3-5-13(12)16)4-6-14(19)20/h3-7,10H,9H2,1-2H3,(H,19,20). The molecule has 0 saturated carbocycles. The molecule has 0 fully saturated rings. The average Bonchev–Trinajstić information content (AvgIpc) is 2.45. The second kappa shape index (κ2) is 7.20. The van der Waals surface area contributed by atoms with Gasteiger partial charge in [0.15, 0.2) is 0 Å². The van der Waals surface area contributed by atoms with Gasteiger partial charge in [0.05, 0.1) is 17.6 Å². The van der Waals surface area contributed by atoms with Crippen molar-refractivity contribution >= 4 is 18.0 Å². The Labute approximate surface area is 121 Å². The Morgan fingerprint density at radius 1 is 1.52 bits per heavy atom. The molecule has 0 aliphatic carbocycles. The van der Waals surface area contributed by atoms with Crippen LogP contribution in [0.2, 0.25) is 0 Å². The van der Waals surface area contributed by atoms with Crippen LogP contribution in [-0.2, 0) is 4.79 Å². The largest absolute Gasteiger partial charge is 0.478 e. The summed E-state index contributed by atoms with van der Waals surface area (Å²) in [5.74, 6) is -2.74. The highest BCUT2D eigenvalue weighted by molar-refractivity contribution is 5.95. The molecular weight excluding hydrogens is 275 g/mol. The lowest BCUT2D eigenvalue weighted by atomic mass is 10.1. The minimum atomic E-state index is -1.13. The molecule has 1 aromatic rings. The van der Waals surface area contributed by atoms with Crippen LogP contribution in [0.25, 0.3) is 6.08 Å². The Hall–Kier alpha value is -2.68. The van der Waals surface area contributed by atoms with Crippen LogP contribution in [0.4, 0.5) is 4.39 Å². The van der Waals surface area contributed by atoms with Crippen LogP contribution < -0.4 is 0 Å². The first-order valence-corrected chi connectivity index (χ1v) is 6.20. The zero-order valence-electron chi connectivity index (χ0n) is 11.7. The number of nitriles is 1. The predicted molar refractivity (Wildman–Crippen MR) is 74.8 cm³/mol. The van der Waals surface area contributed by atoms with Gasteiger partial charge >= 0.3 is 5.97 Å². The fourth-order valence-electron chi connectivity index (χ4n) is 1.72. The molecule has 0 saturated heterocycles. The van der Waals surface area contributed by atoms with E-state index in [9.17, 15) is 14.0 Å². The highest BCUT2D eigenvalue weighted by Crippen LogP contribution is 2.14. The lowest BCUT2D eigenvalue weighted by molar-refractivity contribution is -0.131. The first-order chi connectivity index (χ1) is 9.85. The molecular formula is C15H15FN2O3. The molecule has 1 amide bonds. The summed E-state index contributed by atoms with van der Waals surface area (Å²) in [6.45, 7) is 1.84. The molecule has 110 valence electrons. The summed E-state index contributed by atoms with van der Waals surface area (Å²) < 4.78 is 13.7. The Bertz CT molecular complexity index is 620. The molecule has 1 unspecified atom stereocenters. The molecule has 0 radical (unpaired) electrons.